The predicted molar refractivity (Wildman–Crippen MR) is 118 cm³/mol. The summed E-state index contributed by atoms with van der Waals surface area (Å²) in [6.45, 7) is 5.85. The molecule has 0 aromatic carbocycles. The fraction of sp³-hybridized carbons (Fsp3) is 0.864. The normalized spacial score (nSPS) is 44.2. The van der Waals surface area contributed by atoms with E-state index in [4.69, 9.17) is 8.37 Å². The van der Waals surface area contributed by atoms with Gasteiger partial charge in [0.05, 0.1) is 37.2 Å². The molecule has 5 fully saturated rings. The summed E-state index contributed by atoms with van der Waals surface area (Å²) in [6, 6.07) is 0. The van der Waals surface area contributed by atoms with Crippen LogP contribution in [0.5, 0.6) is 0 Å². The number of allylic oxidation sites excluding steroid dienone is 1. The van der Waals surface area contributed by atoms with Crippen LogP contribution in [0.4, 0.5) is 0 Å². The molecule has 5 aliphatic rings. The Morgan fingerprint density at radius 3 is 2.25 bits per heavy atom. The van der Waals surface area contributed by atoms with Gasteiger partial charge in [-0.15, -0.1) is 0 Å². The maximum atomic E-state index is 13.5. The second-order valence-corrected chi connectivity index (χ2v) is 14.2. The number of carbonyl (C=O) groups is 1. The third-order valence-corrected chi connectivity index (χ3v) is 10.2. The molecule has 7 atom stereocenters. The number of ketones is 1. The minimum atomic E-state index is -3.74. The molecule has 5 rings (SSSR count). The Labute approximate surface area is 191 Å². The van der Waals surface area contributed by atoms with Gasteiger partial charge in [-0.05, 0) is 67.3 Å². The van der Waals surface area contributed by atoms with Crippen LogP contribution in [0.2, 0.25) is 0 Å². The predicted octanol–water partition coefficient (Wildman–Crippen LogP) is 2.04. The zero-order valence-electron chi connectivity index (χ0n) is 19.0. The third-order valence-electron chi connectivity index (χ3n) is 9.07. The van der Waals surface area contributed by atoms with Gasteiger partial charge < -0.3 is 5.11 Å². The highest BCUT2D eigenvalue weighted by molar-refractivity contribution is 7.86. The molecule has 2 bridgehead atoms. The van der Waals surface area contributed by atoms with Crippen LogP contribution in [0.25, 0.3) is 0 Å². The lowest BCUT2D eigenvalue weighted by Gasteiger charge is -2.68. The standard InChI is InChI=1S/C22H34O8S2/c1-14-15-6-9-22(19(14)24)17(10-15)21(13-30-32(4,27)28)8-5-7-20(2,12-29-31(3,25)26)16(21)11-18(22)23/h15-18,23H,1,5-13H2,2-4H3/t15-,16?,17?,18+,20-,21-,22+/m0/s1. The molecule has 5 aliphatic carbocycles. The van der Waals surface area contributed by atoms with E-state index in [1.165, 1.54) is 0 Å². The molecular formula is C22H34O8S2. The minimum Gasteiger partial charge on any atom is -0.392 e. The number of carbonyl (C=O) groups excluding carboxylic acids is 1. The fourth-order valence-electron chi connectivity index (χ4n) is 7.71. The van der Waals surface area contributed by atoms with E-state index in [-0.39, 0.29) is 43.2 Å². The molecule has 0 heterocycles. The molecule has 0 aromatic heterocycles. The summed E-state index contributed by atoms with van der Waals surface area (Å²) < 4.78 is 58.2. The van der Waals surface area contributed by atoms with E-state index in [1.54, 1.807) is 0 Å². The van der Waals surface area contributed by atoms with Crippen LogP contribution in [-0.4, -0.2) is 59.6 Å². The molecule has 5 saturated carbocycles. The summed E-state index contributed by atoms with van der Waals surface area (Å²) in [5.41, 5.74) is -1.69. The van der Waals surface area contributed by atoms with E-state index >= 15 is 0 Å². The van der Waals surface area contributed by atoms with Crippen molar-refractivity contribution in [2.75, 3.05) is 25.7 Å². The quantitative estimate of drug-likeness (QED) is 0.443. The zero-order chi connectivity index (χ0) is 23.7. The molecule has 182 valence electrons. The van der Waals surface area contributed by atoms with E-state index in [1.807, 2.05) is 6.92 Å². The van der Waals surface area contributed by atoms with Gasteiger partial charge in [0.2, 0.25) is 0 Å². The van der Waals surface area contributed by atoms with Crippen LogP contribution in [0.15, 0.2) is 12.2 Å². The number of rotatable bonds is 6. The molecule has 1 N–H and O–H groups in total. The summed E-state index contributed by atoms with van der Waals surface area (Å²) >= 11 is 0. The number of aliphatic hydroxyl groups is 1. The first-order chi connectivity index (χ1) is 14.6. The molecule has 0 aliphatic heterocycles. The Morgan fingerprint density at radius 1 is 1.00 bits per heavy atom. The molecule has 0 saturated heterocycles. The minimum absolute atomic E-state index is 0.0240. The summed E-state index contributed by atoms with van der Waals surface area (Å²) in [7, 11) is -7.41. The monoisotopic (exact) mass is 490 g/mol. The van der Waals surface area contributed by atoms with Gasteiger partial charge in [0.25, 0.3) is 20.2 Å². The molecule has 0 aromatic rings. The Morgan fingerprint density at radius 2 is 1.62 bits per heavy atom. The Balaban J connectivity index is 1.82. The molecule has 10 heteroatoms. The first kappa shape index (κ1) is 24.3. The van der Waals surface area contributed by atoms with Crippen molar-refractivity contribution in [2.24, 2.45) is 34.0 Å². The molecule has 8 nitrogen and oxygen atoms in total. The molecule has 1 spiro atoms. The first-order valence-electron chi connectivity index (χ1n) is 11.3. The average molecular weight is 491 g/mol. The Kier molecular flexibility index (Phi) is 5.77. The molecule has 0 amide bonds. The zero-order valence-corrected chi connectivity index (χ0v) is 20.6. The lowest BCUT2D eigenvalue weighted by atomic mass is 9.35. The average Bonchev–Trinajstić information content (AvgIpc) is 2.69. The van der Waals surface area contributed by atoms with Gasteiger partial charge in [0, 0.05) is 5.41 Å². The molecule has 2 unspecified atom stereocenters. The fourth-order valence-corrected chi connectivity index (χ4v) is 8.63. The van der Waals surface area contributed by atoms with Crippen LogP contribution in [0, 0.1) is 34.0 Å². The summed E-state index contributed by atoms with van der Waals surface area (Å²) in [4.78, 5) is 13.5. The number of hydrogen-bond acceptors (Lipinski definition) is 8. The van der Waals surface area contributed by atoms with Gasteiger partial charge in [-0.2, -0.15) is 16.8 Å². The van der Waals surface area contributed by atoms with Crippen LogP contribution >= 0.6 is 0 Å². The third kappa shape index (κ3) is 3.70. The van der Waals surface area contributed by atoms with Gasteiger partial charge in [-0.25, -0.2) is 0 Å². The summed E-state index contributed by atoms with van der Waals surface area (Å²) in [5.74, 6) is -0.566. The van der Waals surface area contributed by atoms with Crippen molar-refractivity contribution < 1.29 is 35.1 Å². The highest BCUT2D eigenvalue weighted by Gasteiger charge is 2.71. The smallest absolute Gasteiger partial charge is 0.264 e. The maximum Gasteiger partial charge on any atom is 0.264 e. The number of fused-ring (bicyclic) bond motifs is 3. The van der Waals surface area contributed by atoms with Crippen molar-refractivity contribution in [1.29, 1.82) is 0 Å². The van der Waals surface area contributed by atoms with E-state index in [0.717, 1.165) is 25.4 Å². The van der Waals surface area contributed by atoms with Crippen molar-refractivity contribution in [2.45, 2.75) is 58.0 Å². The maximum absolute atomic E-state index is 13.5. The van der Waals surface area contributed by atoms with Crippen molar-refractivity contribution in [3.8, 4) is 0 Å². The first-order valence-corrected chi connectivity index (χ1v) is 14.9. The van der Waals surface area contributed by atoms with E-state index in [0.29, 0.717) is 31.3 Å². The highest BCUT2D eigenvalue weighted by Crippen LogP contribution is 2.71. The van der Waals surface area contributed by atoms with E-state index in [9.17, 15) is 26.7 Å². The van der Waals surface area contributed by atoms with Crippen molar-refractivity contribution in [3.05, 3.63) is 12.2 Å². The number of Topliss-reactive ketones (excluding diaryl/α,β-unsaturated/α-hetero) is 1. The van der Waals surface area contributed by atoms with Gasteiger partial charge >= 0.3 is 0 Å². The summed E-state index contributed by atoms with van der Waals surface area (Å²) in [5, 5.41) is 11.4. The lowest BCUT2D eigenvalue weighted by molar-refractivity contribution is -0.230. The van der Waals surface area contributed by atoms with Crippen molar-refractivity contribution >= 4 is 26.0 Å². The van der Waals surface area contributed by atoms with Gasteiger partial charge in [-0.1, -0.05) is 19.9 Å². The topological polar surface area (TPSA) is 124 Å². The van der Waals surface area contributed by atoms with Crippen LogP contribution in [0.3, 0.4) is 0 Å². The van der Waals surface area contributed by atoms with Crippen molar-refractivity contribution in [3.63, 3.8) is 0 Å². The Hall–Kier alpha value is -0.810. The summed E-state index contributed by atoms with van der Waals surface area (Å²) in [6.07, 6.45) is 5.49. The van der Waals surface area contributed by atoms with Crippen molar-refractivity contribution in [1.82, 2.24) is 0 Å². The molecule has 0 radical (unpaired) electrons. The SMILES string of the molecule is C=C1C(=O)[C@]23CC[C@H]1CC2[C@]1(COS(C)(=O)=O)CCC[C@@](C)(COS(C)(=O)=O)C1C[C@H]3O. The second-order valence-electron chi connectivity index (χ2n) is 10.9. The second kappa shape index (κ2) is 7.60. The van der Waals surface area contributed by atoms with Gasteiger partial charge in [-0.3, -0.25) is 13.2 Å². The van der Waals surface area contributed by atoms with Crippen LogP contribution in [0.1, 0.15) is 51.9 Å². The van der Waals surface area contributed by atoms with E-state index in [2.05, 4.69) is 6.58 Å². The lowest BCUT2D eigenvalue weighted by Crippen LogP contribution is -2.70. The number of aliphatic hydroxyl groups excluding tert-OH is 1. The Bertz CT molecular complexity index is 1030. The van der Waals surface area contributed by atoms with Crippen LogP contribution in [-0.2, 0) is 33.4 Å². The highest BCUT2D eigenvalue weighted by atomic mass is 32.2. The van der Waals surface area contributed by atoms with Crippen LogP contribution < -0.4 is 0 Å². The van der Waals surface area contributed by atoms with E-state index < -0.39 is 42.6 Å². The van der Waals surface area contributed by atoms with Gasteiger partial charge in [0.1, 0.15) is 0 Å². The number of hydrogen-bond donors (Lipinski definition) is 1. The largest absolute Gasteiger partial charge is 0.392 e. The van der Waals surface area contributed by atoms with Gasteiger partial charge in [0.15, 0.2) is 5.78 Å². The molecule has 32 heavy (non-hydrogen) atoms. The molecular weight excluding hydrogens is 456 g/mol.